The Morgan fingerprint density at radius 2 is 1.01 bits per heavy atom. The van der Waals surface area contributed by atoms with Gasteiger partial charge in [-0.05, 0) is 104 Å². The molecule has 10 rings (SSSR count). The molecule has 23 nitrogen and oxygen atoms in total. The summed E-state index contributed by atoms with van der Waals surface area (Å²) >= 11 is 0. The van der Waals surface area contributed by atoms with Crippen LogP contribution < -0.4 is 0 Å². The minimum absolute atomic E-state index is 0.0782. The zero-order chi connectivity index (χ0) is 52.9. The number of fused-ring (bicyclic) bond motifs is 7. The van der Waals surface area contributed by atoms with Crippen LogP contribution in [0, 0.1) is 52.3 Å². The van der Waals surface area contributed by atoms with Crippen LogP contribution in [0.3, 0.4) is 0 Å². The van der Waals surface area contributed by atoms with Crippen molar-refractivity contribution in [3.8, 4) is 0 Å². The van der Waals surface area contributed by atoms with Crippen LogP contribution >= 0.6 is 0 Å². The molecule has 10 aliphatic rings. The van der Waals surface area contributed by atoms with Crippen molar-refractivity contribution in [2.75, 3.05) is 33.0 Å². The van der Waals surface area contributed by atoms with E-state index in [1.54, 1.807) is 0 Å². The second-order valence-corrected chi connectivity index (χ2v) is 24.3. The minimum Gasteiger partial charge on any atom is -0.394 e. The number of hydrogen-bond donors (Lipinski definition) is 13. The van der Waals surface area contributed by atoms with Crippen LogP contribution in [-0.4, -0.2) is 240 Å². The van der Waals surface area contributed by atoms with E-state index in [2.05, 4.69) is 27.7 Å². The molecule has 4 saturated carbocycles. The Labute approximate surface area is 430 Å². The maximum Gasteiger partial charge on any atom is 0.187 e. The predicted molar refractivity (Wildman–Crippen MR) is 248 cm³/mol. The van der Waals surface area contributed by atoms with Gasteiger partial charge < -0.3 is 114 Å². The topological polar surface area (TPSA) is 355 Å². The summed E-state index contributed by atoms with van der Waals surface area (Å²) in [4.78, 5) is 0. The van der Waals surface area contributed by atoms with Crippen molar-refractivity contribution >= 4 is 0 Å². The van der Waals surface area contributed by atoms with E-state index >= 15 is 0 Å². The summed E-state index contributed by atoms with van der Waals surface area (Å²) in [6.45, 7) is 6.96. The fourth-order valence-corrected chi connectivity index (χ4v) is 16.2. The van der Waals surface area contributed by atoms with Gasteiger partial charge in [0.25, 0.3) is 0 Å². The van der Waals surface area contributed by atoms with Crippen molar-refractivity contribution in [1.82, 2.24) is 0 Å². The molecular formula is C51H84O23. The summed E-state index contributed by atoms with van der Waals surface area (Å²) < 4.78 is 61.6. The lowest BCUT2D eigenvalue weighted by Crippen LogP contribution is -2.68. The van der Waals surface area contributed by atoms with Crippen LogP contribution in [0.5, 0.6) is 0 Å². The minimum atomic E-state index is -2.03. The summed E-state index contributed by atoms with van der Waals surface area (Å²) in [6.07, 6.45) is -25.9. The normalized spacial score (nSPS) is 57.6. The highest BCUT2D eigenvalue weighted by molar-refractivity contribution is 5.15. The van der Waals surface area contributed by atoms with Crippen LogP contribution in [0.1, 0.15) is 91.9 Å². The molecule has 4 aliphatic carbocycles. The van der Waals surface area contributed by atoms with E-state index in [4.69, 9.17) is 47.4 Å². The summed E-state index contributed by atoms with van der Waals surface area (Å²) in [5.41, 5.74) is 0.270. The van der Waals surface area contributed by atoms with Gasteiger partial charge in [0.15, 0.2) is 30.9 Å². The molecule has 1 spiro atoms. The number of rotatable bonds is 12. The number of aliphatic hydroxyl groups is 13. The molecular weight excluding hydrogens is 981 g/mol. The lowest BCUT2D eigenvalue weighted by molar-refractivity contribution is -0.406. The Hall–Kier alpha value is -0.920. The molecule has 10 fully saturated rings. The maximum absolute atomic E-state index is 11.8. The Morgan fingerprint density at radius 3 is 1.62 bits per heavy atom. The largest absolute Gasteiger partial charge is 0.394 e. The fraction of sp³-hybridized carbons (Fsp3) is 1.00. The highest BCUT2D eigenvalue weighted by atomic mass is 16.8. The van der Waals surface area contributed by atoms with E-state index in [9.17, 15) is 66.4 Å². The number of ether oxygens (including phenoxy) is 10. The third-order valence-corrected chi connectivity index (χ3v) is 20.4. The lowest BCUT2D eigenvalue weighted by atomic mass is 9.44. The number of hydrogen-bond acceptors (Lipinski definition) is 23. The van der Waals surface area contributed by atoms with Gasteiger partial charge in [-0.3, -0.25) is 0 Å². The summed E-state index contributed by atoms with van der Waals surface area (Å²) in [7, 11) is 0. The second-order valence-electron chi connectivity index (χ2n) is 24.3. The zero-order valence-electron chi connectivity index (χ0n) is 42.7. The molecule has 0 radical (unpaired) electrons. The van der Waals surface area contributed by atoms with E-state index in [0.717, 1.165) is 58.0 Å². The molecule has 0 bridgehead atoms. The van der Waals surface area contributed by atoms with Gasteiger partial charge in [0.05, 0.1) is 45.2 Å². The van der Waals surface area contributed by atoms with Crippen molar-refractivity contribution in [2.24, 2.45) is 52.3 Å². The fourth-order valence-electron chi connectivity index (χ4n) is 16.2. The van der Waals surface area contributed by atoms with Gasteiger partial charge >= 0.3 is 0 Å². The van der Waals surface area contributed by atoms with Crippen molar-refractivity contribution in [2.45, 2.75) is 233 Å². The highest BCUT2D eigenvalue weighted by Crippen LogP contribution is 2.71. The van der Waals surface area contributed by atoms with E-state index in [0.29, 0.717) is 54.3 Å². The molecule has 6 aliphatic heterocycles. The highest BCUT2D eigenvalue weighted by Gasteiger charge is 2.69. The molecule has 6 heterocycles. The quantitative estimate of drug-likeness (QED) is 0.0872. The van der Waals surface area contributed by atoms with Gasteiger partial charge in [-0.25, -0.2) is 0 Å². The second kappa shape index (κ2) is 21.9. The third-order valence-electron chi connectivity index (χ3n) is 20.4. The molecule has 13 N–H and O–H groups in total. The maximum atomic E-state index is 11.8. The Bertz CT molecular complexity index is 1880. The van der Waals surface area contributed by atoms with Crippen LogP contribution in [0.2, 0.25) is 0 Å². The Balaban J connectivity index is 0.820. The summed E-state index contributed by atoms with van der Waals surface area (Å²) in [5.74, 6) is 2.99. The van der Waals surface area contributed by atoms with Crippen molar-refractivity contribution in [3.63, 3.8) is 0 Å². The smallest absolute Gasteiger partial charge is 0.187 e. The van der Waals surface area contributed by atoms with Gasteiger partial charge in [0.2, 0.25) is 0 Å². The van der Waals surface area contributed by atoms with E-state index in [-0.39, 0.29) is 23.0 Å². The zero-order valence-corrected chi connectivity index (χ0v) is 42.7. The average Bonchev–Trinajstić information content (AvgIpc) is 3.84. The monoisotopic (exact) mass is 1060 g/mol. The molecule has 23 heteroatoms. The Morgan fingerprint density at radius 1 is 0.473 bits per heavy atom. The van der Waals surface area contributed by atoms with Gasteiger partial charge in [-0.15, -0.1) is 0 Å². The van der Waals surface area contributed by atoms with Crippen molar-refractivity contribution in [3.05, 3.63) is 0 Å². The van der Waals surface area contributed by atoms with Crippen molar-refractivity contribution < 1.29 is 114 Å². The average molecular weight is 1070 g/mol. The van der Waals surface area contributed by atoms with Crippen LogP contribution in [0.4, 0.5) is 0 Å². The molecule has 0 amide bonds. The molecule has 32 atom stereocenters. The van der Waals surface area contributed by atoms with Crippen molar-refractivity contribution in [1.29, 1.82) is 0 Å². The molecule has 0 aromatic rings. The molecule has 74 heavy (non-hydrogen) atoms. The summed E-state index contributed by atoms with van der Waals surface area (Å²) in [5, 5.41) is 140. The third kappa shape index (κ3) is 9.56. The van der Waals surface area contributed by atoms with Gasteiger partial charge in [-0.1, -0.05) is 27.7 Å². The molecule has 6 saturated heterocycles. The number of aliphatic hydroxyl groups excluding tert-OH is 13. The molecule has 0 aromatic carbocycles. The van der Waals surface area contributed by atoms with Gasteiger partial charge in [0.1, 0.15) is 97.7 Å². The predicted octanol–water partition coefficient (Wildman–Crippen LogP) is -2.91. The first kappa shape index (κ1) is 56.4. The first-order valence-corrected chi connectivity index (χ1v) is 27.3. The van der Waals surface area contributed by atoms with Crippen LogP contribution in [-0.2, 0) is 47.4 Å². The first-order chi connectivity index (χ1) is 35.2. The first-order valence-electron chi connectivity index (χ1n) is 27.3. The molecule has 0 unspecified atom stereocenters. The standard InChI is InChI=1S/C51H84O23/c1-20-7-12-51(65-19-20)21(2)32-27(74-51)14-26-24-6-5-22-13-23(8-10-49(22,3)25(24)9-11-50(26,32)4)66-45-41(64)38(61)42(31(18-55)70-45)71-48-44(73-47-40(63)37(60)34(57)29(16-53)68-47)43(35(58)30(17-54)69-48)72-46-39(62)36(59)33(56)28(15-52)67-46/h20-48,52-64H,5-19H2,1-4H3/t20-,21-,22+,23-,24-,25+,26+,27-,28+,29+,30+,31+,32-,33+,34+,35+,36-,37-,38+,39+,40+,41+,42+,43-,44+,45+,46-,47-,48-,49-,50-,51-/m1/s1. The van der Waals surface area contributed by atoms with E-state index in [1.165, 1.54) is 0 Å². The molecule has 0 aromatic heterocycles. The Kier molecular flexibility index (Phi) is 16.6. The summed E-state index contributed by atoms with van der Waals surface area (Å²) in [6, 6.07) is 0. The van der Waals surface area contributed by atoms with Crippen LogP contribution in [0.25, 0.3) is 0 Å². The van der Waals surface area contributed by atoms with Gasteiger partial charge in [-0.2, -0.15) is 0 Å². The van der Waals surface area contributed by atoms with E-state index < -0.39 is 155 Å². The lowest BCUT2D eigenvalue weighted by Gasteiger charge is -2.61. The van der Waals surface area contributed by atoms with E-state index in [1.807, 2.05) is 0 Å². The van der Waals surface area contributed by atoms with Gasteiger partial charge in [0, 0.05) is 12.3 Å². The SMILES string of the molecule is C[C@@H]1CC[C@@]2(OC1)O[C@@H]1C[C@H]3[C@@H]4CC[C@H]5C[C@H](O[C@H]6O[C@@H](CO)[C@H](O[C@H]7O[C@@H](CO)[C@H](O)[C@@H](O[C@H]8O[C@@H](CO)[C@H](O)[C@@H](O)[C@@H]8O)[C@@H]7O[C@H]7O[C@@H](CO)[C@H](O)[C@@H](O)[C@@H]7O)[C@@H](O)[C@@H]6O)CC[C@@]5(C)[C@H]4CC[C@@]3(C)[C@@H]1[C@H]2C. The van der Waals surface area contributed by atoms with Crippen LogP contribution in [0.15, 0.2) is 0 Å². The molecule has 426 valence electrons.